The number of rotatable bonds is 4. The van der Waals surface area contributed by atoms with E-state index in [9.17, 15) is 15.2 Å². The van der Waals surface area contributed by atoms with Crippen molar-refractivity contribution in [1.29, 1.82) is 0 Å². The molecule has 5 heteroatoms. The van der Waals surface area contributed by atoms with Crippen molar-refractivity contribution in [3.05, 3.63) is 34.4 Å². The molecular formula is C13H17NO3S. The number of nitro benzene ring substituents is 1. The first-order chi connectivity index (χ1) is 8.59. The van der Waals surface area contributed by atoms with Crippen LogP contribution in [-0.4, -0.2) is 21.4 Å². The summed E-state index contributed by atoms with van der Waals surface area (Å²) in [6, 6.07) is 6.50. The topological polar surface area (TPSA) is 63.4 Å². The van der Waals surface area contributed by atoms with Crippen LogP contribution in [0.1, 0.15) is 32.1 Å². The molecule has 0 bridgehead atoms. The van der Waals surface area contributed by atoms with Crippen LogP contribution < -0.4 is 0 Å². The fraction of sp³-hybridized carbons (Fsp3) is 0.538. The largest absolute Gasteiger partial charge is 0.389 e. The lowest BCUT2D eigenvalue weighted by Crippen LogP contribution is -2.33. The lowest BCUT2D eigenvalue weighted by Gasteiger charge is -2.31. The summed E-state index contributed by atoms with van der Waals surface area (Å²) in [6.07, 6.45) is 5.14. The van der Waals surface area contributed by atoms with Gasteiger partial charge in [0.25, 0.3) is 5.69 Å². The van der Waals surface area contributed by atoms with E-state index in [0.717, 1.165) is 30.6 Å². The van der Waals surface area contributed by atoms with Gasteiger partial charge in [-0.05, 0) is 25.0 Å². The van der Waals surface area contributed by atoms with Crippen LogP contribution in [0.2, 0.25) is 0 Å². The summed E-state index contributed by atoms with van der Waals surface area (Å²) in [5.74, 6) is 0.671. The minimum Gasteiger partial charge on any atom is -0.389 e. The number of nitro groups is 1. The van der Waals surface area contributed by atoms with Crippen LogP contribution in [0.4, 0.5) is 5.69 Å². The van der Waals surface area contributed by atoms with Crippen LogP contribution >= 0.6 is 11.8 Å². The second kappa shape index (κ2) is 5.71. The molecule has 0 unspecified atom stereocenters. The zero-order valence-electron chi connectivity index (χ0n) is 10.2. The van der Waals surface area contributed by atoms with Gasteiger partial charge in [-0.15, -0.1) is 11.8 Å². The average Bonchev–Trinajstić information content (AvgIpc) is 2.38. The summed E-state index contributed by atoms with van der Waals surface area (Å²) >= 11 is 1.57. The summed E-state index contributed by atoms with van der Waals surface area (Å²) in [6.45, 7) is 0. The molecule has 1 aliphatic rings. The van der Waals surface area contributed by atoms with Crippen LogP contribution in [0.25, 0.3) is 0 Å². The van der Waals surface area contributed by atoms with Gasteiger partial charge in [0.05, 0.1) is 10.5 Å². The molecule has 1 saturated carbocycles. The molecule has 0 radical (unpaired) electrons. The number of thioether (sulfide) groups is 1. The summed E-state index contributed by atoms with van der Waals surface area (Å²) < 4.78 is 0. The molecule has 4 nitrogen and oxygen atoms in total. The van der Waals surface area contributed by atoms with Crippen molar-refractivity contribution in [2.75, 3.05) is 5.75 Å². The highest BCUT2D eigenvalue weighted by atomic mass is 32.2. The molecule has 1 aliphatic carbocycles. The standard InChI is InChI=1S/C13H17NO3S/c15-13(8-2-1-3-9-13)10-18-12-6-4-11(5-7-12)14(16)17/h4-7,15H,1-3,8-10H2. The second-order valence-corrected chi connectivity index (χ2v) is 5.87. The van der Waals surface area contributed by atoms with Crippen molar-refractivity contribution in [2.45, 2.75) is 42.6 Å². The third-order valence-corrected chi connectivity index (χ3v) is 4.63. The number of nitrogens with zero attached hydrogens (tertiary/aromatic N) is 1. The number of hydrogen-bond donors (Lipinski definition) is 1. The first kappa shape index (κ1) is 13.4. The van der Waals surface area contributed by atoms with Crippen molar-refractivity contribution >= 4 is 17.4 Å². The Morgan fingerprint density at radius 2 is 1.83 bits per heavy atom. The Labute approximate surface area is 111 Å². The summed E-state index contributed by atoms with van der Waals surface area (Å²) in [4.78, 5) is 11.1. The van der Waals surface area contributed by atoms with Gasteiger partial charge in [0.15, 0.2) is 0 Å². The lowest BCUT2D eigenvalue weighted by molar-refractivity contribution is -0.384. The fourth-order valence-electron chi connectivity index (χ4n) is 2.24. The van der Waals surface area contributed by atoms with E-state index < -0.39 is 10.5 Å². The van der Waals surface area contributed by atoms with Crippen LogP contribution in [0.3, 0.4) is 0 Å². The Bertz CT molecular complexity index is 413. The molecule has 2 rings (SSSR count). The van der Waals surface area contributed by atoms with Gasteiger partial charge in [0.2, 0.25) is 0 Å². The highest BCUT2D eigenvalue weighted by Crippen LogP contribution is 2.33. The van der Waals surface area contributed by atoms with Gasteiger partial charge in [0.1, 0.15) is 0 Å². The number of non-ortho nitro benzene ring substituents is 1. The quantitative estimate of drug-likeness (QED) is 0.516. The van der Waals surface area contributed by atoms with Crippen molar-refractivity contribution in [3.63, 3.8) is 0 Å². The Morgan fingerprint density at radius 1 is 1.22 bits per heavy atom. The van der Waals surface area contributed by atoms with E-state index in [1.165, 1.54) is 18.6 Å². The second-order valence-electron chi connectivity index (χ2n) is 4.82. The monoisotopic (exact) mass is 267 g/mol. The molecule has 0 saturated heterocycles. The Balaban J connectivity index is 1.91. The fourth-order valence-corrected chi connectivity index (χ4v) is 3.29. The van der Waals surface area contributed by atoms with Gasteiger partial charge >= 0.3 is 0 Å². The molecule has 1 aromatic rings. The van der Waals surface area contributed by atoms with Crippen LogP contribution in [0.5, 0.6) is 0 Å². The summed E-state index contributed by atoms with van der Waals surface area (Å²) in [5.41, 5.74) is -0.444. The smallest absolute Gasteiger partial charge is 0.269 e. The number of benzene rings is 1. The molecule has 1 N–H and O–H groups in total. The minimum absolute atomic E-state index is 0.107. The van der Waals surface area contributed by atoms with Gasteiger partial charge < -0.3 is 5.11 Å². The first-order valence-electron chi connectivity index (χ1n) is 6.19. The van der Waals surface area contributed by atoms with Gasteiger partial charge in [-0.1, -0.05) is 19.3 Å². The van der Waals surface area contributed by atoms with E-state index in [-0.39, 0.29) is 5.69 Å². The van der Waals surface area contributed by atoms with Crippen LogP contribution in [0, 0.1) is 10.1 Å². The molecule has 1 fully saturated rings. The third kappa shape index (κ3) is 3.46. The minimum atomic E-state index is -0.551. The molecule has 0 amide bonds. The molecule has 0 heterocycles. The first-order valence-corrected chi connectivity index (χ1v) is 7.17. The molecule has 18 heavy (non-hydrogen) atoms. The number of aliphatic hydroxyl groups is 1. The molecular weight excluding hydrogens is 250 g/mol. The highest BCUT2D eigenvalue weighted by Gasteiger charge is 2.29. The SMILES string of the molecule is O=[N+]([O-])c1ccc(SCC2(O)CCCCC2)cc1. The maximum Gasteiger partial charge on any atom is 0.269 e. The van der Waals surface area contributed by atoms with Gasteiger partial charge in [-0.3, -0.25) is 10.1 Å². The summed E-state index contributed by atoms with van der Waals surface area (Å²) in [7, 11) is 0. The van der Waals surface area contributed by atoms with Crippen molar-refractivity contribution < 1.29 is 10.0 Å². The molecule has 1 aromatic carbocycles. The maximum absolute atomic E-state index is 10.5. The van der Waals surface area contributed by atoms with Crippen molar-refractivity contribution in [2.24, 2.45) is 0 Å². The predicted molar refractivity (Wildman–Crippen MR) is 71.9 cm³/mol. The van der Waals surface area contributed by atoms with Crippen LogP contribution in [0.15, 0.2) is 29.2 Å². The van der Waals surface area contributed by atoms with E-state index in [1.807, 2.05) is 0 Å². The zero-order chi connectivity index (χ0) is 13.0. The molecule has 0 aliphatic heterocycles. The van der Waals surface area contributed by atoms with Gasteiger partial charge in [-0.25, -0.2) is 0 Å². The molecule has 0 aromatic heterocycles. The molecule has 0 spiro atoms. The molecule has 98 valence electrons. The van der Waals surface area contributed by atoms with E-state index in [1.54, 1.807) is 23.9 Å². The molecule has 0 atom stereocenters. The number of hydrogen-bond acceptors (Lipinski definition) is 4. The highest BCUT2D eigenvalue weighted by molar-refractivity contribution is 7.99. The Hall–Kier alpha value is -1.07. The van der Waals surface area contributed by atoms with Gasteiger partial charge in [-0.2, -0.15) is 0 Å². The third-order valence-electron chi connectivity index (χ3n) is 3.34. The van der Waals surface area contributed by atoms with Crippen molar-refractivity contribution in [3.8, 4) is 0 Å². The van der Waals surface area contributed by atoms with E-state index in [4.69, 9.17) is 0 Å². The predicted octanol–water partition coefficient (Wildman–Crippen LogP) is 3.38. The van der Waals surface area contributed by atoms with E-state index in [2.05, 4.69) is 0 Å². The maximum atomic E-state index is 10.5. The van der Waals surface area contributed by atoms with E-state index in [0.29, 0.717) is 5.75 Å². The van der Waals surface area contributed by atoms with E-state index >= 15 is 0 Å². The lowest BCUT2D eigenvalue weighted by atomic mass is 9.86. The van der Waals surface area contributed by atoms with Crippen LogP contribution in [-0.2, 0) is 0 Å². The Morgan fingerprint density at radius 3 is 2.39 bits per heavy atom. The zero-order valence-corrected chi connectivity index (χ0v) is 11.0. The average molecular weight is 267 g/mol. The normalized spacial score (nSPS) is 18.5. The van der Waals surface area contributed by atoms with Crippen molar-refractivity contribution in [1.82, 2.24) is 0 Å². The van der Waals surface area contributed by atoms with Gasteiger partial charge in [0, 0.05) is 22.8 Å². The summed E-state index contributed by atoms with van der Waals surface area (Å²) in [5, 5.41) is 20.9. The Kier molecular flexibility index (Phi) is 4.24.